The Morgan fingerprint density at radius 2 is 2.07 bits per heavy atom. The van der Waals surface area contributed by atoms with Crippen molar-refractivity contribution in [1.29, 1.82) is 0 Å². The molecule has 0 amide bonds. The lowest BCUT2D eigenvalue weighted by atomic mass is 10.0. The first-order chi connectivity index (χ1) is 6.70. The molecule has 1 aromatic rings. The summed E-state index contributed by atoms with van der Waals surface area (Å²) in [6, 6.07) is 3.71. The number of halogens is 3. The van der Waals surface area contributed by atoms with Gasteiger partial charge in [0.15, 0.2) is 0 Å². The van der Waals surface area contributed by atoms with Crippen LogP contribution in [0.4, 0.5) is 14.5 Å². The average Bonchev–Trinajstić information content (AvgIpc) is 2.06. The molecular formula is C10H10BrF2N. The van der Waals surface area contributed by atoms with Crippen molar-refractivity contribution < 1.29 is 8.78 Å². The van der Waals surface area contributed by atoms with E-state index in [1.54, 1.807) is 0 Å². The van der Waals surface area contributed by atoms with Gasteiger partial charge in [0.25, 0.3) is 0 Å². The van der Waals surface area contributed by atoms with Crippen molar-refractivity contribution in [2.24, 2.45) is 5.92 Å². The summed E-state index contributed by atoms with van der Waals surface area (Å²) < 4.78 is 25.9. The van der Waals surface area contributed by atoms with E-state index in [4.69, 9.17) is 0 Å². The molecule has 0 spiro atoms. The summed E-state index contributed by atoms with van der Waals surface area (Å²) >= 11 is 3.38. The van der Waals surface area contributed by atoms with E-state index in [1.165, 1.54) is 12.1 Å². The first-order valence-electron chi connectivity index (χ1n) is 4.46. The summed E-state index contributed by atoms with van der Waals surface area (Å²) in [5.74, 6) is -0.415. The fraction of sp³-hybridized carbons (Fsp3) is 0.400. The second kappa shape index (κ2) is 3.85. The molecule has 0 N–H and O–H groups in total. The summed E-state index contributed by atoms with van der Waals surface area (Å²) in [7, 11) is 0. The van der Waals surface area contributed by atoms with Crippen LogP contribution in [0, 0.1) is 17.6 Å². The molecule has 1 saturated heterocycles. The molecule has 0 radical (unpaired) electrons. The fourth-order valence-electron chi connectivity index (χ4n) is 1.60. The number of hydrogen-bond donors (Lipinski definition) is 0. The molecule has 0 aromatic heterocycles. The summed E-state index contributed by atoms with van der Waals surface area (Å²) in [4.78, 5) is 1.92. The van der Waals surface area contributed by atoms with E-state index in [2.05, 4.69) is 15.9 Å². The Bertz CT molecular complexity index is 337. The molecule has 14 heavy (non-hydrogen) atoms. The monoisotopic (exact) mass is 261 g/mol. The zero-order chi connectivity index (χ0) is 10.1. The third-order valence-electron chi connectivity index (χ3n) is 2.43. The quantitative estimate of drug-likeness (QED) is 0.741. The van der Waals surface area contributed by atoms with E-state index in [-0.39, 0.29) is 0 Å². The lowest BCUT2D eigenvalue weighted by molar-refractivity contribution is 0.447. The van der Waals surface area contributed by atoms with Crippen molar-refractivity contribution in [2.75, 3.05) is 23.3 Å². The number of anilines is 1. The van der Waals surface area contributed by atoms with E-state index in [0.717, 1.165) is 24.5 Å². The van der Waals surface area contributed by atoms with Gasteiger partial charge in [-0.2, -0.15) is 0 Å². The van der Waals surface area contributed by atoms with Crippen molar-refractivity contribution in [3.8, 4) is 0 Å². The van der Waals surface area contributed by atoms with Gasteiger partial charge in [0, 0.05) is 30.4 Å². The molecule has 1 heterocycles. The molecule has 1 nitrogen and oxygen atoms in total. The van der Waals surface area contributed by atoms with Crippen molar-refractivity contribution >= 4 is 21.6 Å². The number of rotatable bonds is 2. The Morgan fingerprint density at radius 1 is 1.36 bits per heavy atom. The normalized spacial score (nSPS) is 16.9. The Balaban J connectivity index is 2.11. The Hall–Kier alpha value is -0.640. The van der Waals surface area contributed by atoms with Crippen LogP contribution in [0.3, 0.4) is 0 Å². The third-order valence-corrected chi connectivity index (χ3v) is 3.34. The van der Waals surface area contributed by atoms with Gasteiger partial charge >= 0.3 is 0 Å². The van der Waals surface area contributed by atoms with Crippen LogP contribution in [0.5, 0.6) is 0 Å². The molecule has 0 saturated carbocycles. The zero-order valence-electron chi connectivity index (χ0n) is 7.51. The topological polar surface area (TPSA) is 3.24 Å². The van der Waals surface area contributed by atoms with Crippen LogP contribution < -0.4 is 4.90 Å². The smallest absolute Gasteiger partial charge is 0.149 e. The van der Waals surface area contributed by atoms with Gasteiger partial charge in [-0.3, -0.25) is 0 Å². The first-order valence-corrected chi connectivity index (χ1v) is 5.59. The highest BCUT2D eigenvalue weighted by molar-refractivity contribution is 9.09. The van der Waals surface area contributed by atoms with Gasteiger partial charge in [-0.25, -0.2) is 8.78 Å². The summed E-state index contributed by atoms with van der Waals surface area (Å²) in [6.45, 7) is 1.68. The maximum Gasteiger partial charge on any atom is 0.149 e. The number of benzene rings is 1. The standard InChI is InChI=1S/C10H10BrF2N/c11-4-7-5-14(6-7)10-2-1-8(12)3-9(10)13/h1-3,7H,4-6H2. The summed E-state index contributed by atoms with van der Waals surface area (Å²) in [5.41, 5.74) is 0.503. The molecule has 1 fully saturated rings. The predicted molar refractivity (Wildman–Crippen MR) is 55.9 cm³/mol. The minimum atomic E-state index is -0.524. The second-order valence-electron chi connectivity index (χ2n) is 3.52. The molecule has 1 aliphatic rings. The second-order valence-corrected chi connectivity index (χ2v) is 4.17. The van der Waals surface area contributed by atoms with Crippen molar-refractivity contribution in [3.63, 3.8) is 0 Å². The van der Waals surface area contributed by atoms with Crippen molar-refractivity contribution in [2.45, 2.75) is 0 Å². The molecule has 76 valence electrons. The van der Waals surface area contributed by atoms with Crippen molar-refractivity contribution in [3.05, 3.63) is 29.8 Å². The van der Waals surface area contributed by atoms with Crippen LogP contribution in [-0.2, 0) is 0 Å². The van der Waals surface area contributed by atoms with E-state index in [0.29, 0.717) is 11.6 Å². The molecule has 1 aliphatic heterocycles. The first kappa shape index (κ1) is 9.90. The maximum atomic E-state index is 13.3. The van der Waals surface area contributed by atoms with Crippen LogP contribution in [-0.4, -0.2) is 18.4 Å². The molecular weight excluding hydrogens is 252 g/mol. The lowest BCUT2D eigenvalue weighted by Crippen LogP contribution is -2.47. The molecule has 2 rings (SSSR count). The average molecular weight is 262 g/mol. The van der Waals surface area contributed by atoms with Gasteiger partial charge in [-0.15, -0.1) is 0 Å². The Morgan fingerprint density at radius 3 is 2.64 bits per heavy atom. The number of alkyl halides is 1. The zero-order valence-corrected chi connectivity index (χ0v) is 9.10. The molecule has 0 unspecified atom stereocenters. The van der Waals surface area contributed by atoms with Crippen LogP contribution in [0.2, 0.25) is 0 Å². The van der Waals surface area contributed by atoms with Gasteiger partial charge in [-0.05, 0) is 12.1 Å². The highest BCUT2D eigenvalue weighted by atomic mass is 79.9. The van der Waals surface area contributed by atoms with E-state index in [1.807, 2.05) is 4.90 Å². The van der Waals surface area contributed by atoms with Crippen LogP contribution >= 0.6 is 15.9 Å². The largest absolute Gasteiger partial charge is 0.368 e. The van der Waals surface area contributed by atoms with E-state index < -0.39 is 11.6 Å². The molecule has 1 aromatic carbocycles. The molecule has 0 atom stereocenters. The number of hydrogen-bond acceptors (Lipinski definition) is 1. The third kappa shape index (κ3) is 1.75. The highest BCUT2D eigenvalue weighted by Gasteiger charge is 2.27. The van der Waals surface area contributed by atoms with Gasteiger partial charge in [-0.1, -0.05) is 15.9 Å². The Kier molecular flexibility index (Phi) is 2.72. The summed E-state index contributed by atoms with van der Waals surface area (Å²) in [6.07, 6.45) is 0. The van der Waals surface area contributed by atoms with Gasteiger partial charge in [0.1, 0.15) is 11.6 Å². The van der Waals surface area contributed by atoms with Crippen LogP contribution in [0.1, 0.15) is 0 Å². The SMILES string of the molecule is Fc1ccc(N2CC(CBr)C2)c(F)c1. The van der Waals surface area contributed by atoms with Gasteiger partial charge < -0.3 is 4.90 Å². The van der Waals surface area contributed by atoms with E-state index >= 15 is 0 Å². The van der Waals surface area contributed by atoms with Crippen molar-refractivity contribution in [1.82, 2.24) is 0 Å². The predicted octanol–water partition coefficient (Wildman–Crippen LogP) is 2.80. The maximum absolute atomic E-state index is 13.3. The fourth-order valence-corrected chi connectivity index (χ4v) is 2.01. The van der Waals surface area contributed by atoms with Gasteiger partial charge in [0.05, 0.1) is 5.69 Å². The number of nitrogens with zero attached hydrogens (tertiary/aromatic N) is 1. The molecule has 0 bridgehead atoms. The Labute approximate surface area is 89.8 Å². The minimum Gasteiger partial charge on any atom is -0.368 e. The van der Waals surface area contributed by atoms with Crippen LogP contribution in [0.15, 0.2) is 18.2 Å². The summed E-state index contributed by atoms with van der Waals surface area (Å²) in [5, 5.41) is 0.937. The molecule has 4 heteroatoms. The minimum absolute atomic E-state index is 0.474. The lowest BCUT2D eigenvalue weighted by Gasteiger charge is -2.40. The van der Waals surface area contributed by atoms with E-state index in [9.17, 15) is 8.78 Å². The van der Waals surface area contributed by atoms with Gasteiger partial charge in [0.2, 0.25) is 0 Å². The van der Waals surface area contributed by atoms with Crippen LogP contribution in [0.25, 0.3) is 0 Å². The molecule has 0 aliphatic carbocycles. The highest BCUT2D eigenvalue weighted by Crippen LogP contribution is 2.28.